The minimum atomic E-state index is -0.477. The van der Waals surface area contributed by atoms with E-state index in [1.54, 1.807) is 24.0 Å². The fraction of sp³-hybridized carbons (Fsp3) is 0.389. The Labute approximate surface area is 144 Å². The minimum absolute atomic E-state index is 0.0428. The van der Waals surface area contributed by atoms with E-state index < -0.39 is 5.82 Å². The fourth-order valence-electron chi connectivity index (χ4n) is 3.09. The third kappa shape index (κ3) is 3.55. The molecule has 3 rings (SSSR count). The molecule has 0 aliphatic carbocycles. The second-order valence-electron chi connectivity index (χ2n) is 6.09. The lowest BCUT2D eigenvalue weighted by Crippen LogP contribution is -2.40. The molecular formula is C18H20FN3O3. The Hall–Kier alpha value is -2.70. The van der Waals surface area contributed by atoms with Gasteiger partial charge in [-0.1, -0.05) is 0 Å². The van der Waals surface area contributed by atoms with Gasteiger partial charge >= 0.3 is 0 Å². The molecule has 0 atom stereocenters. The number of methoxy groups -OCH3 is 1. The zero-order valence-corrected chi connectivity index (χ0v) is 14.2. The van der Waals surface area contributed by atoms with Crippen LogP contribution in [0, 0.1) is 5.82 Å². The zero-order valence-electron chi connectivity index (χ0n) is 14.2. The maximum Gasteiger partial charge on any atom is 0.267 e. The number of nitrogens with zero attached hydrogens (tertiary/aromatic N) is 3. The number of carbonyl (C=O) groups excluding carboxylic acids is 1. The molecule has 132 valence electrons. The molecule has 2 aromatic rings. The van der Waals surface area contributed by atoms with Gasteiger partial charge in [-0.3, -0.25) is 9.59 Å². The Balaban J connectivity index is 1.88. The Kier molecular flexibility index (Phi) is 4.83. The maximum atomic E-state index is 13.9. The van der Waals surface area contributed by atoms with Crippen LogP contribution in [-0.4, -0.2) is 40.8 Å². The number of hydrogen-bond donors (Lipinski definition) is 0. The van der Waals surface area contributed by atoms with Crippen LogP contribution in [0.3, 0.4) is 0 Å². The summed E-state index contributed by atoms with van der Waals surface area (Å²) in [7, 11) is 1.41. The van der Waals surface area contributed by atoms with Gasteiger partial charge in [0.1, 0.15) is 0 Å². The van der Waals surface area contributed by atoms with Crippen LogP contribution in [0.15, 0.2) is 35.1 Å². The number of likely N-dealkylation sites (tertiary alicyclic amines) is 1. The van der Waals surface area contributed by atoms with Gasteiger partial charge in [0.2, 0.25) is 5.91 Å². The third-order valence-electron chi connectivity index (χ3n) is 4.53. The first-order valence-electron chi connectivity index (χ1n) is 8.19. The lowest BCUT2D eigenvalue weighted by molar-refractivity contribution is -0.130. The maximum absolute atomic E-state index is 13.9. The molecule has 7 heteroatoms. The first kappa shape index (κ1) is 17.1. The smallest absolute Gasteiger partial charge is 0.267 e. The van der Waals surface area contributed by atoms with Crippen LogP contribution < -0.4 is 10.3 Å². The van der Waals surface area contributed by atoms with E-state index in [9.17, 15) is 14.0 Å². The molecule has 6 nitrogen and oxygen atoms in total. The molecule has 1 aliphatic heterocycles. The predicted molar refractivity (Wildman–Crippen MR) is 91.0 cm³/mol. The average Bonchev–Trinajstić information content (AvgIpc) is 2.62. The number of benzene rings is 1. The average molecular weight is 345 g/mol. The highest BCUT2D eigenvalue weighted by Gasteiger charge is 2.23. The molecule has 0 bridgehead atoms. The molecule has 1 aliphatic rings. The number of aromatic nitrogens is 2. The molecule has 1 aromatic carbocycles. The van der Waals surface area contributed by atoms with Crippen LogP contribution in [0.4, 0.5) is 4.39 Å². The monoisotopic (exact) mass is 345 g/mol. The lowest BCUT2D eigenvalue weighted by atomic mass is 10.1. The first-order valence-corrected chi connectivity index (χ1v) is 8.19. The van der Waals surface area contributed by atoms with Crippen LogP contribution in [0.5, 0.6) is 5.75 Å². The molecule has 1 amide bonds. The summed E-state index contributed by atoms with van der Waals surface area (Å²) in [5.74, 6) is -0.274. The number of amides is 1. The van der Waals surface area contributed by atoms with Crippen molar-refractivity contribution in [3.63, 3.8) is 0 Å². The van der Waals surface area contributed by atoms with Gasteiger partial charge in [0, 0.05) is 31.6 Å². The van der Waals surface area contributed by atoms with Gasteiger partial charge in [-0.15, -0.1) is 0 Å². The van der Waals surface area contributed by atoms with Crippen LogP contribution in [0.25, 0.3) is 11.3 Å². The lowest BCUT2D eigenvalue weighted by Gasteiger charge is -2.31. The van der Waals surface area contributed by atoms with Crippen molar-refractivity contribution in [2.45, 2.75) is 25.8 Å². The molecule has 0 unspecified atom stereocenters. The number of rotatable bonds is 3. The van der Waals surface area contributed by atoms with Crippen molar-refractivity contribution in [3.8, 4) is 17.0 Å². The van der Waals surface area contributed by atoms with Gasteiger partial charge in [0.25, 0.3) is 5.56 Å². The third-order valence-corrected chi connectivity index (χ3v) is 4.53. The topological polar surface area (TPSA) is 64.4 Å². The highest BCUT2D eigenvalue weighted by atomic mass is 19.1. The van der Waals surface area contributed by atoms with E-state index in [0.29, 0.717) is 37.2 Å². The quantitative estimate of drug-likeness (QED) is 0.856. The van der Waals surface area contributed by atoms with Crippen molar-refractivity contribution in [1.29, 1.82) is 0 Å². The number of carbonyl (C=O) groups is 1. The fourth-order valence-corrected chi connectivity index (χ4v) is 3.09. The highest BCUT2D eigenvalue weighted by Crippen LogP contribution is 2.25. The summed E-state index contributed by atoms with van der Waals surface area (Å²) in [5.41, 5.74) is 0.905. The van der Waals surface area contributed by atoms with Gasteiger partial charge in [-0.2, -0.15) is 5.10 Å². The van der Waals surface area contributed by atoms with E-state index in [1.807, 2.05) is 0 Å². The highest BCUT2D eigenvalue weighted by molar-refractivity contribution is 5.73. The van der Waals surface area contributed by atoms with Gasteiger partial charge < -0.3 is 9.64 Å². The Morgan fingerprint density at radius 2 is 1.96 bits per heavy atom. The summed E-state index contributed by atoms with van der Waals surface area (Å²) >= 11 is 0. The van der Waals surface area contributed by atoms with Crippen molar-refractivity contribution in [1.82, 2.24) is 14.7 Å². The van der Waals surface area contributed by atoms with Crippen molar-refractivity contribution in [2.75, 3.05) is 20.2 Å². The summed E-state index contributed by atoms with van der Waals surface area (Å²) in [4.78, 5) is 25.4. The molecule has 0 radical (unpaired) electrons. The Morgan fingerprint density at radius 1 is 1.24 bits per heavy atom. The van der Waals surface area contributed by atoms with Crippen LogP contribution in [0.2, 0.25) is 0 Å². The summed E-state index contributed by atoms with van der Waals surface area (Å²) < 4.78 is 20.3. The first-order chi connectivity index (χ1) is 12.0. The number of piperidine rings is 1. The molecule has 1 saturated heterocycles. The van der Waals surface area contributed by atoms with Gasteiger partial charge in [-0.25, -0.2) is 9.07 Å². The molecule has 25 heavy (non-hydrogen) atoms. The van der Waals surface area contributed by atoms with Crippen molar-refractivity contribution in [3.05, 3.63) is 46.5 Å². The molecule has 1 aromatic heterocycles. The predicted octanol–water partition coefficient (Wildman–Crippen LogP) is 2.24. The molecule has 2 heterocycles. The molecule has 0 saturated carbocycles. The van der Waals surface area contributed by atoms with Gasteiger partial charge in [0.15, 0.2) is 11.6 Å². The van der Waals surface area contributed by atoms with E-state index >= 15 is 0 Å². The normalized spacial score (nSPS) is 15.2. The van der Waals surface area contributed by atoms with Crippen molar-refractivity contribution in [2.24, 2.45) is 0 Å². The molecular weight excluding hydrogens is 325 g/mol. The number of ether oxygens (including phenoxy) is 1. The van der Waals surface area contributed by atoms with E-state index in [4.69, 9.17) is 4.74 Å². The molecule has 0 N–H and O–H groups in total. The van der Waals surface area contributed by atoms with Crippen molar-refractivity contribution < 1.29 is 13.9 Å². The van der Waals surface area contributed by atoms with Crippen LogP contribution in [0.1, 0.15) is 25.8 Å². The minimum Gasteiger partial charge on any atom is -0.494 e. The summed E-state index contributed by atoms with van der Waals surface area (Å²) in [6.07, 6.45) is 1.35. The number of hydrogen-bond acceptors (Lipinski definition) is 4. The second-order valence-corrected chi connectivity index (χ2v) is 6.09. The van der Waals surface area contributed by atoms with Gasteiger partial charge in [0.05, 0.1) is 18.8 Å². The molecule has 1 fully saturated rings. The number of halogens is 1. The van der Waals surface area contributed by atoms with Crippen LogP contribution in [-0.2, 0) is 4.79 Å². The largest absolute Gasteiger partial charge is 0.494 e. The molecule has 0 spiro atoms. The van der Waals surface area contributed by atoms with Crippen molar-refractivity contribution >= 4 is 5.91 Å². The van der Waals surface area contributed by atoms with E-state index in [-0.39, 0.29) is 23.3 Å². The van der Waals surface area contributed by atoms with Gasteiger partial charge in [-0.05, 0) is 37.1 Å². The van der Waals surface area contributed by atoms with E-state index in [0.717, 1.165) is 0 Å². The summed E-state index contributed by atoms with van der Waals surface area (Å²) in [6, 6.07) is 7.55. The Bertz CT molecular complexity index is 842. The Morgan fingerprint density at radius 3 is 2.56 bits per heavy atom. The summed E-state index contributed by atoms with van der Waals surface area (Å²) in [6.45, 7) is 2.76. The van der Waals surface area contributed by atoms with E-state index in [1.165, 1.54) is 30.0 Å². The zero-order chi connectivity index (χ0) is 18.0. The second kappa shape index (κ2) is 7.04. The van der Waals surface area contributed by atoms with Crippen LogP contribution >= 0.6 is 0 Å². The standard InChI is InChI=1S/C18H20FN3O3/c1-12(23)21-9-7-14(8-10-21)22-18(24)6-4-16(20-22)13-3-5-17(25-2)15(19)11-13/h3-6,11,14H,7-10H2,1-2H3. The SMILES string of the molecule is COc1ccc(-c2ccc(=O)n(C3CCN(C(C)=O)CC3)n2)cc1F. The van der Waals surface area contributed by atoms with E-state index in [2.05, 4.69) is 5.10 Å². The summed E-state index contributed by atoms with van der Waals surface area (Å²) in [5, 5.41) is 4.43.